The number of rotatable bonds is 2. The molecular formula is C25H19F3. The first-order chi connectivity index (χ1) is 13.5. The molecule has 3 heteroatoms. The van der Waals surface area contributed by atoms with Gasteiger partial charge in [-0.25, -0.2) is 0 Å². The van der Waals surface area contributed by atoms with Crippen molar-refractivity contribution in [1.82, 2.24) is 0 Å². The highest BCUT2D eigenvalue weighted by Gasteiger charge is 2.30. The second-order valence-electron chi connectivity index (χ2n) is 6.89. The van der Waals surface area contributed by atoms with Crippen molar-refractivity contribution >= 4 is 17.7 Å². The lowest BCUT2D eigenvalue weighted by Crippen LogP contribution is -2.23. The van der Waals surface area contributed by atoms with Gasteiger partial charge in [0.2, 0.25) is 0 Å². The minimum absolute atomic E-state index is 0.571. The normalized spacial score (nSPS) is 18.3. The fourth-order valence-electron chi connectivity index (χ4n) is 3.50. The quantitative estimate of drug-likeness (QED) is 0.529. The van der Waals surface area contributed by atoms with Crippen LogP contribution in [-0.4, -0.2) is 0 Å². The summed E-state index contributed by atoms with van der Waals surface area (Å²) in [5, 5.41) is 2.44. The summed E-state index contributed by atoms with van der Waals surface area (Å²) in [6.45, 7) is 0. The van der Waals surface area contributed by atoms with Gasteiger partial charge < -0.3 is 0 Å². The first-order valence-electron chi connectivity index (χ1n) is 9.25. The predicted octanol–water partition coefficient (Wildman–Crippen LogP) is 5.81. The van der Waals surface area contributed by atoms with E-state index in [1.54, 1.807) is 6.07 Å². The lowest BCUT2D eigenvalue weighted by molar-refractivity contribution is -0.137. The van der Waals surface area contributed by atoms with Gasteiger partial charge in [-0.1, -0.05) is 78.9 Å². The molecule has 0 radical (unpaired) electrons. The van der Waals surface area contributed by atoms with Crippen LogP contribution in [0.5, 0.6) is 0 Å². The molecule has 0 N–H and O–H groups in total. The van der Waals surface area contributed by atoms with Gasteiger partial charge in [0, 0.05) is 0 Å². The van der Waals surface area contributed by atoms with Crippen molar-refractivity contribution in [3.63, 3.8) is 0 Å². The molecule has 4 rings (SSSR count). The Kier molecular flexibility index (Phi) is 4.91. The molecule has 0 aliphatic heterocycles. The van der Waals surface area contributed by atoms with Crippen LogP contribution >= 0.6 is 0 Å². The second-order valence-corrected chi connectivity index (χ2v) is 6.89. The van der Waals surface area contributed by atoms with Crippen LogP contribution in [0, 0.1) is 0 Å². The van der Waals surface area contributed by atoms with Crippen LogP contribution in [0.3, 0.4) is 0 Å². The topological polar surface area (TPSA) is 0 Å². The van der Waals surface area contributed by atoms with Crippen molar-refractivity contribution < 1.29 is 13.2 Å². The molecule has 0 fully saturated rings. The largest absolute Gasteiger partial charge is 0.416 e. The van der Waals surface area contributed by atoms with Crippen molar-refractivity contribution in [1.29, 1.82) is 0 Å². The molecule has 1 aliphatic rings. The molecule has 0 heterocycles. The summed E-state index contributed by atoms with van der Waals surface area (Å²) < 4.78 is 38.9. The van der Waals surface area contributed by atoms with Crippen molar-refractivity contribution in [2.24, 2.45) is 0 Å². The highest BCUT2D eigenvalue weighted by Crippen LogP contribution is 2.32. The summed E-state index contributed by atoms with van der Waals surface area (Å²) in [5.41, 5.74) is 3.05. The number of halogens is 3. The maximum absolute atomic E-state index is 13.0. The van der Waals surface area contributed by atoms with Gasteiger partial charge in [-0.05, 0) is 57.7 Å². The number of fused-ring (bicyclic) bond motifs is 1. The van der Waals surface area contributed by atoms with Gasteiger partial charge in [-0.2, -0.15) is 13.2 Å². The Balaban J connectivity index is 1.65. The fourth-order valence-corrected chi connectivity index (χ4v) is 3.50. The third-order valence-electron chi connectivity index (χ3n) is 5.02. The maximum atomic E-state index is 13.0. The van der Waals surface area contributed by atoms with Crippen LogP contribution in [0.15, 0.2) is 78.9 Å². The van der Waals surface area contributed by atoms with Gasteiger partial charge in [0.25, 0.3) is 0 Å². The molecule has 0 atom stereocenters. The Morgan fingerprint density at radius 1 is 0.643 bits per heavy atom. The van der Waals surface area contributed by atoms with E-state index in [0.717, 1.165) is 30.0 Å². The Labute approximate surface area is 162 Å². The number of hydrogen-bond acceptors (Lipinski definition) is 0. The third kappa shape index (κ3) is 3.94. The van der Waals surface area contributed by atoms with E-state index >= 15 is 0 Å². The van der Waals surface area contributed by atoms with E-state index < -0.39 is 11.7 Å². The van der Waals surface area contributed by atoms with Gasteiger partial charge in [0.1, 0.15) is 0 Å². The van der Waals surface area contributed by atoms with E-state index in [2.05, 4.69) is 30.4 Å². The predicted molar refractivity (Wildman–Crippen MR) is 109 cm³/mol. The Bertz CT molecular complexity index is 1130. The SMILES string of the molecule is FC(F)(F)c1cccc(-c2ccc(/C3=C/C=c4/cccc/c4=C/CC3)cc2)c1. The molecule has 0 saturated carbocycles. The smallest absolute Gasteiger partial charge is 0.166 e. The summed E-state index contributed by atoms with van der Waals surface area (Å²) in [7, 11) is 0. The van der Waals surface area contributed by atoms with Gasteiger partial charge in [-0.3, -0.25) is 0 Å². The summed E-state index contributed by atoms with van der Waals surface area (Å²) in [4.78, 5) is 0. The number of allylic oxidation sites excluding steroid dienone is 2. The van der Waals surface area contributed by atoms with Gasteiger partial charge >= 0.3 is 6.18 Å². The minimum atomic E-state index is -4.33. The average Bonchev–Trinajstić information content (AvgIpc) is 2.68. The molecule has 0 spiro atoms. The van der Waals surface area contributed by atoms with E-state index in [1.165, 1.54) is 28.1 Å². The van der Waals surface area contributed by atoms with E-state index in [0.29, 0.717) is 5.56 Å². The molecule has 0 saturated heterocycles. The van der Waals surface area contributed by atoms with Crippen LogP contribution in [-0.2, 0) is 6.18 Å². The van der Waals surface area contributed by atoms with Crippen LogP contribution in [0.1, 0.15) is 24.0 Å². The van der Waals surface area contributed by atoms with Crippen LogP contribution in [0.25, 0.3) is 28.9 Å². The molecule has 3 aromatic carbocycles. The van der Waals surface area contributed by atoms with Crippen molar-refractivity contribution in [3.8, 4) is 11.1 Å². The van der Waals surface area contributed by atoms with Crippen LogP contribution < -0.4 is 10.4 Å². The van der Waals surface area contributed by atoms with Crippen molar-refractivity contribution in [3.05, 3.63) is 100 Å². The molecule has 3 aromatic rings. The van der Waals surface area contributed by atoms with Crippen LogP contribution in [0.4, 0.5) is 13.2 Å². The van der Waals surface area contributed by atoms with E-state index in [1.807, 2.05) is 36.4 Å². The van der Waals surface area contributed by atoms with E-state index in [4.69, 9.17) is 0 Å². The van der Waals surface area contributed by atoms with Gasteiger partial charge in [0.05, 0.1) is 5.56 Å². The number of alkyl halides is 3. The standard InChI is InChI=1S/C25H19F3/c26-25(27,28)24-10-4-9-23(17-24)22-15-13-21(14-16-22)20-8-3-7-18-5-1-2-6-19(18)11-12-20/h1-2,4-7,9-17H,3,8H2/b18-7-,19-11-,20-12+. The Hall–Kier alpha value is -3.07. The number of benzene rings is 3. The molecule has 1 aliphatic carbocycles. The monoisotopic (exact) mass is 376 g/mol. The van der Waals surface area contributed by atoms with Crippen molar-refractivity contribution in [2.75, 3.05) is 0 Å². The first-order valence-corrected chi connectivity index (χ1v) is 9.25. The summed E-state index contributed by atoms with van der Waals surface area (Å²) in [5.74, 6) is 0. The average molecular weight is 376 g/mol. The molecule has 140 valence electrons. The molecule has 0 unspecified atom stereocenters. The minimum Gasteiger partial charge on any atom is -0.166 e. The molecule has 28 heavy (non-hydrogen) atoms. The van der Waals surface area contributed by atoms with E-state index in [-0.39, 0.29) is 0 Å². The summed E-state index contributed by atoms with van der Waals surface area (Å²) in [6, 6.07) is 21.5. The molecule has 0 amide bonds. The zero-order valence-corrected chi connectivity index (χ0v) is 15.2. The van der Waals surface area contributed by atoms with Gasteiger partial charge in [-0.15, -0.1) is 0 Å². The Morgan fingerprint density at radius 2 is 1.36 bits per heavy atom. The summed E-state index contributed by atoms with van der Waals surface area (Å²) >= 11 is 0. The molecule has 0 aromatic heterocycles. The van der Waals surface area contributed by atoms with E-state index in [9.17, 15) is 13.2 Å². The molecule has 0 nitrogen and oxygen atoms in total. The number of hydrogen-bond donors (Lipinski definition) is 0. The first kappa shape index (κ1) is 18.3. The zero-order valence-electron chi connectivity index (χ0n) is 15.2. The third-order valence-corrected chi connectivity index (χ3v) is 5.02. The highest BCUT2D eigenvalue weighted by molar-refractivity contribution is 5.74. The lowest BCUT2D eigenvalue weighted by Gasteiger charge is -2.11. The maximum Gasteiger partial charge on any atom is 0.416 e. The van der Waals surface area contributed by atoms with Gasteiger partial charge in [0.15, 0.2) is 0 Å². The summed E-state index contributed by atoms with van der Waals surface area (Å²) in [6.07, 6.45) is 4.06. The zero-order chi connectivity index (χ0) is 19.6. The molecule has 0 bridgehead atoms. The van der Waals surface area contributed by atoms with Crippen LogP contribution in [0.2, 0.25) is 0 Å². The van der Waals surface area contributed by atoms with Crippen molar-refractivity contribution in [2.45, 2.75) is 19.0 Å². The highest BCUT2D eigenvalue weighted by atomic mass is 19.4. The Morgan fingerprint density at radius 3 is 2.11 bits per heavy atom. The lowest BCUT2D eigenvalue weighted by atomic mass is 9.95. The molecular weight excluding hydrogens is 357 g/mol. The fraction of sp³-hybridized carbons (Fsp3) is 0.120. The second kappa shape index (κ2) is 7.51.